The number of nitro groups is 1. The number of hydrogen-bond donors (Lipinski definition) is 1. The first-order chi connectivity index (χ1) is 12.1. The summed E-state index contributed by atoms with van der Waals surface area (Å²) in [5, 5.41) is 13.9. The minimum Gasteiger partial charge on any atom is -0.450 e. The molecule has 3 aromatic rings. The van der Waals surface area contributed by atoms with E-state index in [9.17, 15) is 14.9 Å². The number of nitrogens with one attached hydrogen (secondary N) is 1. The van der Waals surface area contributed by atoms with Crippen LogP contribution in [0.4, 0.5) is 16.3 Å². The van der Waals surface area contributed by atoms with Gasteiger partial charge in [-0.2, -0.15) is 9.38 Å². The van der Waals surface area contributed by atoms with Crippen molar-refractivity contribution in [2.24, 2.45) is 0 Å². The molecule has 0 radical (unpaired) electrons. The molecule has 0 saturated heterocycles. The lowest BCUT2D eigenvalue weighted by Gasteiger charge is -2.07. The van der Waals surface area contributed by atoms with Crippen molar-refractivity contribution in [1.29, 1.82) is 0 Å². The van der Waals surface area contributed by atoms with Gasteiger partial charge in [-0.15, -0.1) is 0 Å². The molecule has 9 heteroatoms. The molecule has 2 heterocycles. The third kappa shape index (κ3) is 3.50. The number of aromatic nitrogens is 2. The highest BCUT2D eigenvalue weighted by Gasteiger charge is 2.24. The molecule has 0 unspecified atom stereocenters. The fraction of sp³-hybridized carbons (Fsp3) is 0.125. The van der Waals surface area contributed by atoms with Gasteiger partial charge in [0.1, 0.15) is 5.75 Å². The quantitative estimate of drug-likeness (QED) is 0.560. The molecule has 0 aliphatic rings. The second kappa shape index (κ2) is 6.87. The zero-order valence-electron chi connectivity index (χ0n) is 13.2. The van der Waals surface area contributed by atoms with Crippen LogP contribution in [-0.2, 0) is 4.74 Å². The molecule has 1 N–H and O–H groups in total. The maximum Gasteiger partial charge on any atom is 0.411 e. The Labute approximate surface area is 142 Å². The van der Waals surface area contributed by atoms with Crippen molar-refractivity contribution in [2.75, 3.05) is 11.9 Å². The predicted octanol–water partition coefficient (Wildman–Crippen LogP) is 3.60. The summed E-state index contributed by atoms with van der Waals surface area (Å²) < 4.78 is 11.7. The summed E-state index contributed by atoms with van der Waals surface area (Å²) in [6.45, 7) is 1.94. The highest BCUT2D eigenvalue weighted by atomic mass is 16.6. The average molecular weight is 342 g/mol. The van der Waals surface area contributed by atoms with E-state index in [1.807, 2.05) is 0 Å². The van der Waals surface area contributed by atoms with Gasteiger partial charge in [-0.05, 0) is 30.0 Å². The highest BCUT2D eigenvalue weighted by Crippen LogP contribution is 2.32. The third-order valence-corrected chi connectivity index (χ3v) is 3.22. The molecule has 1 amide bonds. The van der Waals surface area contributed by atoms with Gasteiger partial charge in [0.05, 0.1) is 12.8 Å². The summed E-state index contributed by atoms with van der Waals surface area (Å²) in [5.41, 5.74) is 0.826. The van der Waals surface area contributed by atoms with Crippen LogP contribution in [0.2, 0.25) is 0 Å². The summed E-state index contributed by atoms with van der Waals surface area (Å²) in [5.74, 6) is -0.121. The Morgan fingerprint density at radius 3 is 2.92 bits per heavy atom. The van der Waals surface area contributed by atoms with Crippen molar-refractivity contribution in [3.8, 4) is 11.6 Å². The number of amides is 1. The fourth-order valence-corrected chi connectivity index (χ4v) is 2.23. The maximum absolute atomic E-state index is 11.5. The lowest BCUT2D eigenvalue weighted by Crippen LogP contribution is -2.13. The molecule has 0 atom stereocenters. The first kappa shape index (κ1) is 16.2. The lowest BCUT2D eigenvalue weighted by molar-refractivity contribution is -0.391. The van der Waals surface area contributed by atoms with E-state index in [0.717, 1.165) is 0 Å². The van der Waals surface area contributed by atoms with Gasteiger partial charge in [-0.25, -0.2) is 4.79 Å². The summed E-state index contributed by atoms with van der Waals surface area (Å²) in [6.07, 6.45) is 0.935. The molecule has 1 aromatic carbocycles. The van der Waals surface area contributed by atoms with E-state index in [1.54, 1.807) is 43.3 Å². The summed E-state index contributed by atoms with van der Waals surface area (Å²) >= 11 is 0. The summed E-state index contributed by atoms with van der Waals surface area (Å²) in [7, 11) is 0. The molecule has 0 saturated carbocycles. The zero-order valence-corrected chi connectivity index (χ0v) is 13.2. The van der Waals surface area contributed by atoms with E-state index >= 15 is 0 Å². The number of carbonyl (C=O) groups excluding carboxylic acids is 1. The van der Waals surface area contributed by atoms with Gasteiger partial charge in [0.2, 0.25) is 5.65 Å². The number of fused-ring (bicyclic) bond motifs is 1. The Bertz CT molecular complexity index is 937. The van der Waals surface area contributed by atoms with E-state index in [2.05, 4.69) is 10.3 Å². The molecule has 2 aromatic heterocycles. The molecule has 0 bridgehead atoms. The standard InChI is InChI=1S/C16H14N4O5/c1-2-24-16(21)17-11-6-5-7-12(10-11)25-14-15(20(22)23)19-9-4-3-8-13(19)18-14/h3-10H,2H2,1H3,(H,17,21). The molecular weight excluding hydrogens is 328 g/mol. The minimum absolute atomic E-state index is 0.135. The van der Waals surface area contributed by atoms with Crippen molar-refractivity contribution in [1.82, 2.24) is 9.38 Å². The predicted molar refractivity (Wildman–Crippen MR) is 89.0 cm³/mol. The van der Waals surface area contributed by atoms with Crippen LogP contribution in [0.15, 0.2) is 48.7 Å². The van der Waals surface area contributed by atoms with Crippen LogP contribution in [0, 0.1) is 10.1 Å². The number of nitrogens with zero attached hydrogens (tertiary/aromatic N) is 3. The van der Waals surface area contributed by atoms with Crippen LogP contribution in [-0.4, -0.2) is 27.0 Å². The normalized spacial score (nSPS) is 10.4. The Hall–Kier alpha value is -3.62. The fourth-order valence-electron chi connectivity index (χ4n) is 2.23. The monoisotopic (exact) mass is 342 g/mol. The van der Waals surface area contributed by atoms with Gasteiger partial charge in [-0.3, -0.25) is 5.32 Å². The van der Waals surface area contributed by atoms with E-state index < -0.39 is 11.0 Å². The minimum atomic E-state index is -0.599. The molecule has 0 spiro atoms. The second-order valence-electron chi connectivity index (χ2n) is 4.90. The molecule has 0 aliphatic heterocycles. The third-order valence-electron chi connectivity index (χ3n) is 3.22. The van der Waals surface area contributed by atoms with Crippen LogP contribution in [0.1, 0.15) is 6.92 Å². The summed E-state index contributed by atoms with van der Waals surface area (Å²) in [4.78, 5) is 26.4. The van der Waals surface area contributed by atoms with Gasteiger partial charge in [0, 0.05) is 17.8 Å². The topological polar surface area (TPSA) is 108 Å². The highest BCUT2D eigenvalue weighted by molar-refractivity contribution is 5.84. The number of ether oxygens (including phenoxy) is 2. The number of pyridine rings is 1. The van der Waals surface area contributed by atoms with Gasteiger partial charge in [-0.1, -0.05) is 12.1 Å². The van der Waals surface area contributed by atoms with Gasteiger partial charge in [0.15, 0.2) is 0 Å². The van der Waals surface area contributed by atoms with Crippen molar-refractivity contribution in [3.63, 3.8) is 0 Å². The van der Waals surface area contributed by atoms with Crippen molar-refractivity contribution >= 4 is 23.2 Å². The van der Waals surface area contributed by atoms with Gasteiger partial charge < -0.3 is 19.6 Å². The molecule has 128 valence electrons. The largest absolute Gasteiger partial charge is 0.450 e. The summed E-state index contributed by atoms with van der Waals surface area (Å²) in [6, 6.07) is 11.4. The maximum atomic E-state index is 11.5. The van der Waals surface area contributed by atoms with Crippen LogP contribution < -0.4 is 10.1 Å². The number of rotatable bonds is 5. The molecule has 3 rings (SSSR count). The van der Waals surface area contributed by atoms with Gasteiger partial charge in [0.25, 0.3) is 0 Å². The first-order valence-electron chi connectivity index (χ1n) is 7.41. The van der Waals surface area contributed by atoms with Gasteiger partial charge >= 0.3 is 17.8 Å². The van der Waals surface area contributed by atoms with Crippen LogP contribution in [0.3, 0.4) is 0 Å². The number of anilines is 1. The first-order valence-corrected chi connectivity index (χ1v) is 7.41. The number of hydrogen-bond acceptors (Lipinski definition) is 6. The van der Waals surface area contributed by atoms with Crippen LogP contribution in [0.5, 0.6) is 11.6 Å². The Balaban J connectivity index is 1.90. The van der Waals surface area contributed by atoms with E-state index in [4.69, 9.17) is 9.47 Å². The van der Waals surface area contributed by atoms with E-state index in [0.29, 0.717) is 17.1 Å². The molecule has 0 aliphatic carbocycles. The van der Waals surface area contributed by atoms with Crippen molar-refractivity contribution in [3.05, 3.63) is 58.8 Å². The average Bonchev–Trinajstić information content (AvgIpc) is 2.93. The lowest BCUT2D eigenvalue weighted by atomic mass is 10.3. The van der Waals surface area contributed by atoms with Crippen molar-refractivity contribution in [2.45, 2.75) is 6.92 Å². The van der Waals surface area contributed by atoms with Crippen molar-refractivity contribution < 1.29 is 19.2 Å². The van der Waals surface area contributed by atoms with Crippen LogP contribution in [0.25, 0.3) is 5.65 Å². The number of carbonyl (C=O) groups is 1. The van der Waals surface area contributed by atoms with E-state index in [-0.39, 0.29) is 18.3 Å². The molecular formula is C16H14N4O5. The molecule has 0 fully saturated rings. The Kier molecular flexibility index (Phi) is 4.46. The smallest absolute Gasteiger partial charge is 0.411 e. The Morgan fingerprint density at radius 1 is 1.32 bits per heavy atom. The Morgan fingerprint density at radius 2 is 2.16 bits per heavy atom. The van der Waals surface area contributed by atoms with Crippen LogP contribution >= 0.6 is 0 Å². The number of imidazole rings is 1. The second-order valence-corrected chi connectivity index (χ2v) is 4.90. The molecule has 25 heavy (non-hydrogen) atoms. The van der Waals surface area contributed by atoms with E-state index in [1.165, 1.54) is 16.7 Å². The molecule has 9 nitrogen and oxygen atoms in total. The zero-order chi connectivity index (χ0) is 17.8. The SMILES string of the molecule is CCOC(=O)Nc1cccc(Oc2nc3ccccn3c2[N+](=O)[O-])c1. The number of benzene rings is 1.